The number of amides is 1. The molecular formula is C20H19N3O3. The lowest BCUT2D eigenvalue weighted by atomic mass is 10.2. The third-order valence-corrected chi connectivity index (χ3v) is 3.62. The van der Waals surface area contributed by atoms with E-state index in [1.807, 2.05) is 19.9 Å². The molecule has 6 heteroatoms. The second-order valence-corrected chi connectivity index (χ2v) is 5.75. The summed E-state index contributed by atoms with van der Waals surface area (Å²) >= 11 is 0. The Morgan fingerprint density at radius 3 is 2.27 bits per heavy atom. The summed E-state index contributed by atoms with van der Waals surface area (Å²) in [5.74, 6) is 1.01. The molecule has 1 amide bonds. The number of benzene rings is 2. The summed E-state index contributed by atoms with van der Waals surface area (Å²) in [7, 11) is 1.56. The molecular weight excluding hydrogens is 330 g/mol. The molecule has 2 aromatic carbocycles. The Hall–Kier alpha value is -3.41. The van der Waals surface area contributed by atoms with Gasteiger partial charge in [0.25, 0.3) is 5.91 Å². The van der Waals surface area contributed by atoms with Crippen molar-refractivity contribution in [3.05, 3.63) is 71.5 Å². The van der Waals surface area contributed by atoms with Crippen molar-refractivity contribution in [3.8, 4) is 17.5 Å². The van der Waals surface area contributed by atoms with Crippen molar-refractivity contribution < 1.29 is 14.3 Å². The van der Waals surface area contributed by atoms with Crippen LogP contribution in [0.15, 0.2) is 54.6 Å². The molecule has 1 N–H and O–H groups in total. The number of ether oxygens (including phenoxy) is 2. The number of anilines is 1. The van der Waals surface area contributed by atoms with Crippen molar-refractivity contribution in [3.63, 3.8) is 0 Å². The van der Waals surface area contributed by atoms with Gasteiger partial charge in [-0.3, -0.25) is 4.79 Å². The molecule has 132 valence electrons. The molecule has 0 radical (unpaired) electrons. The molecule has 1 aromatic heterocycles. The van der Waals surface area contributed by atoms with E-state index in [1.54, 1.807) is 55.6 Å². The molecule has 0 saturated carbocycles. The third kappa shape index (κ3) is 4.36. The molecule has 0 bridgehead atoms. The van der Waals surface area contributed by atoms with Crippen LogP contribution < -0.4 is 14.8 Å². The summed E-state index contributed by atoms with van der Waals surface area (Å²) in [5, 5.41) is 2.84. The van der Waals surface area contributed by atoms with Gasteiger partial charge >= 0.3 is 6.01 Å². The van der Waals surface area contributed by atoms with Crippen molar-refractivity contribution in [1.82, 2.24) is 9.97 Å². The van der Waals surface area contributed by atoms with Gasteiger partial charge in [-0.05, 0) is 62.4 Å². The zero-order chi connectivity index (χ0) is 18.5. The fourth-order valence-electron chi connectivity index (χ4n) is 2.42. The summed E-state index contributed by atoms with van der Waals surface area (Å²) in [4.78, 5) is 20.8. The van der Waals surface area contributed by atoms with Crippen LogP contribution in [0.3, 0.4) is 0 Å². The smallest absolute Gasteiger partial charge is 0.322 e. The SMILES string of the molecule is COc1cccc(C(=O)Nc2ccc(Oc3nc(C)cc(C)n3)cc2)c1. The molecule has 0 aliphatic carbocycles. The van der Waals surface area contributed by atoms with Gasteiger partial charge in [-0.25, -0.2) is 9.97 Å². The van der Waals surface area contributed by atoms with Gasteiger partial charge in [0, 0.05) is 22.6 Å². The van der Waals surface area contributed by atoms with Gasteiger partial charge in [-0.15, -0.1) is 0 Å². The van der Waals surface area contributed by atoms with Crippen molar-refractivity contribution in [2.45, 2.75) is 13.8 Å². The largest absolute Gasteiger partial charge is 0.497 e. The number of nitrogens with one attached hydrogen (secondary N) is 1. The lowest BCUT2D eigenvalue weighted by Gasteiger charge is -2.08. The molecule has 3 rings (SSSR count). The predicted molar refractivity (Wildman–Crippen MR) is 99.0 cm³/mol. The fraction of sp³-hybridized carbons (Fsp3) is 0.150. The molecule has 3 aromatic rings. The highest BCUT2D eigenvalue weighted by Gasteiger charge is 2.08. The summed E-state index contributed by atoms with van der Waals surface area (Å²) in [6, 6.07) is 16.2. The van der Waals surface area contributed by atoms with E-state index in [-0.39, 0.29) is 5.91 Å². The zero-order valence-electron chi connectivity index (χ0n) is 14.8. The van der Waals surface area contributed by atoms with Crippen LogP contribution in [0.4, 0.5) is 5.69 Å². The predicted octanol–water partition coefficient (Wildman–Crippen LogP) is 4.15. The van der Waals surface area contributed by atoms with Gasteiger partial charge in [-0.2, -0.15) is 0 Å². The molecule has 6 nitrogen and oxygen atoms in total. The van der Waals surface area contributed by atoms with Gasteiger partial charge in [0.2, 0.25) is 0 Å². The highest BCUT2D eigenvalue weighted by Crippen LogP contribution is 2.21. The Balaban J connectivity index is 1.68. The minimum atomic E-state index is -0.213. The van der Waals surface area contributed by atoms with Crippen LogP contribution in [0.25, 0.3) is 0 Å². The van der Waals surface area contributed by atoms with Crippen LogP contribution in [0.1, 0.15) is 21.7 Å². The summed E-state index contributed by atoms with van der Waals surface area (Å²) in [5.41, 5.74) is 2.86. The Morgan fingerprint density at radius 1 is 0.923 bits per heavy atom. The van der Waals surface area contributed by atoms with Crippen LogP contribution in [0.5, 0.6) is 17.5 Å². The molecule has 0 aliphatic rings. The number of methoxy groups -OCH3 is 1. The number of carbonyl (C=O) groups excluding carboxylic acids is 1. The van der Waals surface area contributed by atoms with Crippen LogP contribution >= 0.6 is 0 Å². The fourth-order valence-corrected chi connectivity index (χ4v) is 2.42. The maximum absolute atomic E-state index is 12.3. The topological polar surface area (TPSA) is 73.3 Å². The second-order valence-electron chi connectivity index (χ2n) is 5.75. The summed E-state index contributed by atoms with van der Waals surface area (Å²) in [6.07, 6.45) is 0. The van der Waals surface area contributed by atoms with E-state index < -0.39 is 0 Å². The standard InChI is InChI=1S/C20H19N3O3/c1-13-11-14(2)22-20(21-13)26-17-9-7-16(8-10-17)23-19(24)15-5-4-6-18(12-15)25-3/h4-12H,1-3H3,(H,23,24). The monoisotopic (exact) mass is 349 g/mol. The first kappa shape index (κ1) is 17.4. The van der Waals surface area contributed by atoms with Crippen LogP contribution in [-0.2, 0) is 0 Å². The number of hydrogen-bond donors (Lipinski definition) is 1. The number of carbonyl (C=O) groups is 1. The molecule has 0 aliphatic heterocycles. The van der Waals surface area contributed by atoms with E-state index in [1.165, 1.54) is 0 Å². The molecule has 0 atom stereocenters. The van der Waals surface area contributed by atoms with Gasteiger partial charge in [0.15, 0.2) is 0 Å². The van der Waals surface area contributed by atoms with E-state index in [9.17, 15) is 4.79 Å². The van der Waals surface area contributed by atoms with Crippen LogP contribution in [0.2, 0.25) is 0 Å². The molecule has 0 unspecified atom stereocenters. The normalized spacial score (nSPS) is 10.3. The summed E-state index contributed by atoms with van der Waals surface area (Å²) < 4.78 is 10.8. The van der Waals surface area contributed by atoms with E-state index in [4.69, 9.17) is 9.47 Å². The van der Waals surface area contributed by atoms with Gasteiger partial charge in [0.05, 0.1) is 7.11 Å². The van der Waals surface area contributed by atoms with Crippen LogP contribution in [0, 0.1) is 13.8 Å². The van der Waals surface area contributed by atoms with E-state index in [2.05, 4.69) is 15.3 Å². The number of aromatic nitrogens is 2. The number of rotatable bonds is 5. The Bertz CT molecular complexity index is 904. The average Bonchev–Trinajstić information content (AvgIpc) is 2.62. The Kier molecular flexibility index (Phi) is 5.12. The highest BCUT2D eigenvalue weighted by atomic mass is 16.5. The first-order valence-corrected chi connectivity index (χ1v) is 8.09. The second kappa shape index (κ2) is 7.65. The minimum Gasteiger partial charge on any atom is -0.497 e. The highest BCUT2D eigenvalue weighted by molar-refractivity contribution is 6.04. The third-order valence-electron chi connectivity index (χ3n) is 3.62. The number of aryl methyl sites for hydroxylation is 2. The zero-order valence-corrected chi connectivity index (χ0v) is 14.8. The minimum absolute atomic E-state index is 0.213. The molecule has 0 fully saturated rings. The van der Waals surface area contributed by atoms with Gasteiger partial charge in [0.1, 0.15) is 11.5 Å². The van der Waals surface area contributed by atoms with Crippen molar-refractivity contribution in [1.29, 1.82) is 0 Å². The van der Waals surface area contributed by atoms with Gasteiger partial charge in [-0.1, -0.05) is 6.07 Å². The quantitative estimate of drug-likeness (QED) is 0.749. The number of hydrogen-bond acceptors (Lipinski definition) is 5. The van der Waals surface area contributed by atoms with E-state index >= 15 is 0 Å². The first-order valence-electron chi connectivity index (χ1n) is 8.09. The van der Waals surface area contributed by atoms with Crippen molar-refractivity contribution in [2.24, 2.45) is 0 Å². The average molecular weight is 349 g/mol. The molecule has 26 heavy (non-hydrogen) atoms. The Labute approximate surface area is 151 Å². The maximum Gasteiger partial charge on any atom is 0.322 e. The van der Waals surface area contributed by atoms with E-state index in [0.29, 0.717) is 28.8 Å². The molecule has 0 saturated heterocycles. The number of nitrogens with zero attached hydrogens (tertiary/aromatic N) is 2. The molecule has 1 heterocycles. The first-order chi connectivity index (χ1) is 12.5. The van der Waals surface area contributed by atoms with Crippen LogP contribution in [-0.4, -0.2) is 23.0 Å². The van der Waals surface area contributed by atoms with E-state index in [0.717, 1.165) is 11.4 Å². The lowest BCUT2D eigenvalue weighted by Crippen LogP contribution is -2.11. The van der Waals surface area contributed by atoms with Crippen molar-refractivity contribution in [2.75, 3.05) is 12.4 Å². The van der Waals surface area contributed by atoms with Crippen molar-refractivity contribution >= 4 is 11.6 Å². The lowest BCUT2D eigenvalue weighted by molar-refractivity contribution is 0.102. The molecule has 0 spiro atoms. The summed E-state index contributed by atoms with van der Waals surface area (Å²) in [6.45, 7) is 3.78. The maximum atomic E-state index is 12.3. The Morgan fingerprint density at radius 2 is 1.62 bits per heavy atom. The van der Waals surface area contributed by atoms with Gasteiger partial charge < -0.3 is 14.8 Å².